The fourth-order valence-corrected chi connectivity index (χ4v) is 8.99. The smallest absolute Gasteiger partial charge is 0.306 e. The maximum absolute atomic E-state index is 12.8. The van der Waals surface area contributed by atoms with E-state index in [1.807, 2.05) is 21.1 Å². The highest BCUT2D eigenvalue weighted by Crippen LogP contribution is 2.38. The summed E-state index contributed by atoms with van der Waals surface area (Å²) in [5.74, 6) is -0.329. The minimum absolute atomic E-state index is 0.0272. The molecule has 67 heavy (non-hydrogen) atoms. The zero-order valence-electron chi connectivity index (χ0n) is 45.1. The molecule has 0 aromatic carbocycles. The number of allylic oxidation sites excluding steroid dienone is 6. The lowest BCUT2D eigenvalue weighted by molar-refractivity contribution is -0.870. The van der Waals surface area contributed by atoms with Gasteiger partial charge in [-0.05, 0) is 51.4 Å². The van der Waals surface area contributed by atoms with E-state index in [9.17, 15) is 14.3 Å². The van der Waals surface area contributed by atoms with E-state index in [1.165, 1.54) is 205 Å². The summed E-state index contributed by atoms with van der Waals surface area (Å²) in [6, 6.07) is 0. The molecule has 0 spiro atoms. The van der Waals surface area contributed by atoms with Crippen LogP contribution < -0.4 is 4.89 Å². The molecule has 0 bridgehead atoms. The van der Waals surface area contributed by atoms with Gasteiger partial charge in [-0.2, -0.15) is 0 Å². The predicted octanol–water partition coefficient (Wildman–Crippen LogP) is 17.4. The third-order valence-electron chi connectivity index (χ3n) is 12.7. The van der Waals surface area contributed by atoms with Crippen LogP contribution in [0.1, 0.15) is 271 Å². The third-order valence-corrected chi connectivity index (χ3v) is 13.7. The average molecular weight is 967 g/mol. The summed E-state index contributed by atoms with van der Waals surface area (Å²) in [5, 5.41) is 0. The second kappa shape index (κ2) is 51.1. The number of carbonyl (C=O) groups excluding carboxylic acids is 1. The Morgan fingerprint density at radius 3 is 1.22 bits per heavy atom. The standard InChI is InChI=1S/C58H112NO7P/c1-6-8-10-12-14-16-18-20-22-24-26-27-28-29-30-31-32-34-36-38-40-42-44-46-48-50-53-63-55-57(56-65-67(61,62)64-54-52-59(3,4)5)66-58(60)51-49-47-45-43-41-39-37-35-33-25-23-21-19-17-15-13-11-9-7-2/h18,20,24,26,28-29,57H,6-17,19,21-23,25,27,30-56H2,1-5H3/b20-18-,26-24-,29-28-. The maximum Gasteiger partial charge on any atom is 0.306 e. The molecule has 0 saturated heterocycles. The summed E-state index contributed by atoms with van der Waals surface area (Å²) in [4.78, 5) is 25.2. The summed E-state index contributed by atoms with van der Waals surface area (Å²) in [6.45, 7) is 5.45. The van der Waals surface area contributed by atoms with Crippen molar-refractivity contribution in [3.05, 3.63) is 36.5 Å². The summed E-state index contributed by atoms with van der Waals surface area (Å²) < 4.78 is 34.9. The van der Waals surface area contributed by atoms with Crippen molar-refractivity contribution < 1.29 is 37.3 Å². The van der Waals surface area contributed by atoms with Crippen LogP contribution in [-0.4, -0.2) is 70.7 Å². The third kappa shape index (κ3) is 55.5. The minimum atomic E-state index is -4.53. The van der Waals surface area contributed by atoms with Gasteiger partial charge in [-0.3, -0.25) is 9.36 Å². The molecule has 2 unspecified atom stereocenters. The molecule has 0 heterocycles. The first-order valence-electron chi connectivity index (χ1n) is 28.7. The Hall–Kier alpha value is -1.28. The molecule has 0 aliphatic rings. The molecule has 0 N–H and O–H groups in total. The van der Waals surface area contributed by atoms with Crippen LogP contribution in [0.4, 0.5) is 0 Å². The molecule has 9 heteroatoms. The average Bonchev–Trinajstić information content (AvgIpc) is 3.29. The van der Waals surface area contributed by atoms with Gasteiger partial charge in [0.15, 0.2) is 0 Å². The van der Waals surface area contributed by atoms with E-state index in [1.54, 1.807) is 0 Å². The van der Waals surface area contributed by atoms with Crippen molar-refractivity contribution in [3.63, 3.8) is 0 Å². The molecule has 0 aromatic rings. The summed E-state index contributed by atoms with van der Waals surface area (Å²) >= 11 is 0. The SMILES string of the molecule is CCCCCCC/C=C\C/C=C\C/C=C\CCCCCCCCCCCCCOCC(COP(=O)([O-])OCC[N+](C)(C)C)OC(=O)CCCCCCCCCCCCCCCCCCCCC. The maximum atomic E-state index is 12.8. The molecule has 0 aliphatic carbocycles. The Balaban J connectivity index is 4.05. The van der Waals surface area contributed by atoms with E-state index >= 15 is 0 Å². The van der Waals surface area contributed by atoms with Crippen LogP contribution in [0.25, 0.3) is 0 Å². The first-order chi connectivity index (χ1) is 32.6. The lowest BCUT2D eigenvalue weighted by Crippen LogP contribution is -2.37. The van der Waals surface area contributed by atoms with Crippen LogP contribution in [0.3, 0.4) is 0 Å². The molecular formula is C58H112NO7P. The summed E-state index contributed by atoms with van der Waals surface area (Å²) in [5.41, 5.74) is 0. The highest BCUT2D eigenvalue weighted by atomic mass is 31.2. The van der Waals surface area contributed by atoms with Gasteiger partial charge in [0, 0.05) is 13.0 Å². The van der Waals surface area contributed by atoms with Crippen LogP contribution in [0, 0.1) is 0 Å². The Bertz CT molecular complexity index is 1170. The number of carbonyl (C=O) groups is 1. The van der Waals surface area contributed by atoms with E-state index in [0.29, 0.717) is 24.1 Å². The fourth-order valence-electron chi connectivity index (χ4n) is 8.26. The van der Waals surface area contributed by atoms with Gasteiger partial charge in [0.1, 0.15) is 19.3 Å². The zero-order chi connectivity index (χ0) is 49.0. The number of esters is 1. The number of rotatable bonds is 54. The van der Waals surface area contributed by atoms with E-state index in [-0.39, 0.29) is 25.8 Å². The second-order valence-corrected chi connectivity index (χ2v) is 22.1. The molecule has 0 rings (SSSR count). The van der Waals surface area contributed by atoms with Crippen LogP contribution in [0.5, 0.6) is 0 Å². The first-order valence-corrected chi connectivity index (χ1v) is 30.2. The molecule has 0 aromatic heterocycles. The fraction of sp³-hybridized carbons (Fsp3) is 0.879. The van der Waals surface area contributed by atoms with E-state index in [0.717, 1.165) is 44.9 Å². The predicted molar refractivity (Wildman–Crippen MR) is 287 cm³/mol. The van der Waals surface area contributed by atoms with Crippen molar-refractivity contribution >= 4 is 13.8 Å². The Labute approximate surface area is 416 Å². The molecule has 8 nitrogen and oxygen atoms in total. The van der Waals surface area contributed by atoms with Crippen molar-refractivity contribution in [3.8, 4) is 0 Å². The number of unbranched alkanes of at least 4 members (excludes halogenated alkanes) is 34. The van der Waals surface area contributed by atoms with Crippen molar-refractivity contribution in [2.24, 2.45) is 0 Å². The lowest BCUT2D eigenvalue weighted by atomic mass is 10.0. The van der Waals surface area contributed by atoms with E-state index in [2.05, 4.69) is 50.3 Å². The number of hydrogen-bond acceptors (Lipinski definition) is 7. The molecular weight excluding hydrogens is 854 g/mol. The monoisotopic (exact) mass is 966 g/mol. The van der Waals surface area contributed by atoms with Crippen molar-refractivity contribution in [1.82, 2.24) is 0 Å². The van der Waals surface area contributed by atoms with Gasteiger partial charge in [-0.25, -0.2) is 0 Å². The van der Waals surface area contributed by atoms with Crippen molar-refractivity contribution in [1.29, 1.82) is 0 Å². The highest BCUT2D eigenvalue weighted by molar-refractivity contribution is 7.45. The Morgan fingerprint density at radius 1 is 0.463 bits per heavy atom. The number of likely N-dealkylation sites (N-methyl/N-ethyl adjacent to an activating group) is 1. The van der Waals surface area contributed by atoms with Crippen molar-refractivity contribution in [2.45, 2.75) is 277 Å². The van der Waals surface area contributed by atoms with Gasteiger partial charge in [0.05, 0.1) is 34.4 Å². The van der Waals surface area contributed by atoms with Crippen LogP contribution >= 0.6 is 7.82 Å². The molecule has 0 aliphatic heterocycles. The normalized spacial score (nSPS) is 13.7. The molecule has 0 amide bonds. The van der Waals surface area contributed by atoms with Crippen molar-refractivity contribution in [2.75, 3.05) is 54.1 Å². The second-order valence-electron chi connectivity index (χ2n) is 20.7. The number of ether oxygens (including phenoxy) is 2. The number of hydrogen-bond donors (Lipinski definition) is 0. The largest absolute Gasteiger partial charge is 0.756 e. The topological polar surface area (TPSA) is 94.1 Å². The lowest BCUT2D eigenvalue weighted by Gasteiger charge is -2.28. The van der Waals surface area contributed by atoms with Gasteiger partial charge < -0.3 is 27.9 Å². The van der Waals surface area contributed by atoms with Gasteiger partial charge in [-0.15, -0.1) is 0 Å². The van der Waals surface area contributed by atoms with E-state index in [4.69, 9.17) is 18.5 Å². The van der Waals surface area contributed by atoms with E-state index < -0.39 is 13.9 Å². The van der Waals surface area contributed by atoms with Crippen LogP contribution in [0.15, 0.2) is 36.5 Å². The highest BCUT2D eigenvalue weighted by Gasteiger charge is 2.20. The molecule has 0 radical (unpaired) electrons. The number of phosphoric ester groups is 1. The zero-order valence-corrected chi connectivity index (χ0v) is 46.0. The Morgan fingerprint density at radius 2 is 0.821 bits per heavy atom. The van der Waals surface area contributed by atoms with Crippen LogP contribution in [0.2, 0.25) is 0 Å². The van der Waals surface area contributed by atoms with Gasteiger partial charge >= 0.3 is 5.97 Å². The van der Waals surface area contributed by atoms with Crippen LogP contribution in [-0.2, 0) is 27.9 Å². The number of quaternary nitrogens is 1. The molecule has 396 valence electrons. The number of phosphoric acid groups is 1. The molecule has 0 fully saturated rings. The quantitative estimate of drug-likeness (QED) is 0.0197. The first kappa shape index (κ1) is 65.7. The minimum Gasteiger partial charge on any atom is -0.756 e. The van der Waals surface area contributed by atoms with Gasteiger partial charge in [0.25, 0.3) is 7.82 Å². The summed E-state index contributed by atoms with van der Waals surface area (Å²) in [7, 11) is 1.37. The molecule has 2 atom stereocenters. The molecule has 0 saturated carbocycles. The number of nitrogens with zero attached hydrogens (tertiary/aromatic N) is 1. The Kier molecular flexibility index (Phi) is 50.1. The summed E-state index contributed by atoms with van der Waals surface area (Å²) in [6.07, 6.45) is 63.2. The van der Waals surface area contributed by atoms with Gasteiger partial charge in [-0.1, -0.05) is 249 Å². The van der Waals surface area contributed by atoms with Gasteiger partial charge in [0.2, 0.25) is 0 Å².